The van der Waals surface area contributed by atoms with E-state index in [9.17, 15) is 29.7 Å². The summed E-state index contributed by atoms with van der Waals surface area (Å²) >= 11 is 0. The fourth-order valence-corrected chi connectivity index (χ4v) is 5.31. The van der Waals surface area contributed by atoms with Crippen LogP contribution in [0.4, 0.5) is 0 Å². The van der Waals surface area contributed by atoms with Gasteiger partial charge in [0.25, 0.3) is 0 Å². The number of hydrogen-bond donors (Lipinski definition) is 4. The number of aliphatic hydroxyl groups excluding tert-OH is 1. The molecule has 10 nitrogen and oxygen atoms in total. The van der Waals surface area contributed by atoms with Gasteiger partial charge in [-0.25, -0.2) is 0 Å². The van der Waals surface area contributed by atoms with E-state index >= 15 is 0 Å². The Kier molecular flexibility index (Phi) is 6.15. The van der Waals surface area contributed by atoms with Crippen LogP contribution >= 0.6 is 0 Å². The summed E-state index contributed by atoms with van der Waals surface area (Å²) < 4.78 is 17.2. The van der Waals surface area contributed by atoms with E-state index in [2.05, 4.69) is 0 Å². The van der Waals surface area contributed by atoms with Crippen molar-refractivity contribution in [3.63, 3.8) is 0 Å². The molecule has 1 aliphatic heterocycles. The van der Waals surface area contributed by atoms with Crippen LogP contribution in [0.5, 0.6) is 17.2 Å². The van der Waals surface area contributed by atoms with Gasteiger partial charge in [0.05, 0.1) is 42.1 Å². The maximum atomic E-state index is 13.6. The van der Waals surface area contributed by atoms with Crippen molar-refractivity contribution in [1.29, 1.82) is 0 Å². The maximum absolute atomic E-state index is 13.6. The molecule has 0 amide bonds. The van der Waals surface area contributed by atoms with Crippen LogP contribution in [0.15, 0.2) is 23.8 Å². The zero-order valence-electron chi connectivity index (χ0n) is 20.5. The van der Waals surface area contributed by atoms with Gasteiger partial charge in [-0.1, -0.05) is 12.1 Å². The van der Waals surface area contributed by atoms with Gasteiger partial charge in [0, 0.05) is 35.6 Å². The minimum absolute atomic E-state index is 0.0124. The Morgan fingerprint density at radius 3 is 2.46 bits per heavy atom. The molecule has 37 heavy (non-hydrogen) atoms. The standard InChI is InChI=1S/C27H27NO9/c1-10(29)12-7-14-20(17(8-12)37-18-9-15(28)23(30)11(2)36-18)27(34)22-21(25(14)32)24(31)13-5-4-6-16(35-3)19(13)26(22)33/h4-7,11,15,17-18,23,30,32,34H,8-9,28H2,1-3H3/t11-,15-,17?,18-,23+/m0/s1. The molecule has 2 aromatic rings. The quantitative estimate of drug-likeness (QED) is 0.383. The van der Waals surface area contributed by atoms with Gasteiger partial charge >= 0.3 is 0 Å². The largest absolute Gasteiger partial charge is 0.507 e. The number of Topliss-reactive ketones (excluding diaryl/α,β-unsaturated/α-hetero) is 1. The molecule has 1 unspecified atom stereocenters. The molecular weight excluding hydrogens is 482 g/mol. The molecule has 5 atom stereocenters. The van der Waals surface area contributed by atoms with Crippen molar-refractivity contribution in [2.24, 2.45) is 5.73 Å². The smallest absolute Gasteiger partial charge is 0.202 e. The second-order valence-corrected chi connectivity index (χ2v) is 9.53. The van der Waals surface area contributed by atoms with Crippen LogP contribution < -0.4 is 10.5 Å². The second kappa shape index (κ2) is 9.07. The normalized spacial score (nSPS) is 26.6. The van der Waals surface area contributed by atoms with Crippen LogP contribution in [-0.2, 0) is 14.3 Å². The number of hydrogen-bond acceptors (Lipinski definition) is 10. The van der Waals surface area contributed by atoms with Crippen LogP contribution in [0, 0.1) is 0 Å². The van der Waals surface area contributed by atoms with Crippen LogP contribution in [0.2, 0.25) is 0 Å². The van der Waals surface area contributed by atoms with Crippen molar-refractivity contribution >= 4 is 23.4 Å². The molecule has 0 bridgehead atoms. The predicted molar refractivity (Wildman–Crippen MR) is 130 cm³/mol. The van der Waals surface area contributed by atoms with E-state index < -0.39 is 53.7 Å². The molecule has 1 fully saturated rings. The summed E-state index contributed by atoms with van der Waals surface area (Å²) in [7, 11) is 1.36. The van der Waals surface area contributed by atoms with Gasteiger partial charge in [-0.05, 0) is 31.6 Å². The topological polar surface area (TPSA) is 166 Å². The molecule has 0 aromatic heterocycles. The number of phenolic OH excluding ortho intramolecular Hbond substituents is 2. The van der Waals surface area contributed by atoms with Crippen molar-refractivity contribution in [2.75, 3.05) is 7.11 Å². The Labute approximate surface area is 212 Å². The number of benzene rings is 2. The van der Waals surface area contributed by atoms with E-state index in [1.165, 1.54) is 32.2 Å². The average molecular weight is 510 g/mol. The molecule has 0 radical (unpaired) electrons. The summed E-state index contributed by atoms with van der Waals surface area (Å²) in [6, 6.07) is 3.89. The molecule has 5 rings (SSSR count). The Morgan fingerprint density at radius 1 is 1.11 bits per heavy atom. The van der Waals surface area contributed by atoms with E-state index in [4.69, 9.17) is 19.9 Å². The fourth-order valence-electron chi connectivity index (χ4n) is 5.31. The average Bonchev–Trinajstić information content (AvgIpc) is 2.86. The van der Waals surface area contributed by atoms with Gasteiger partial charge in [0.15, 0.2) is 17.9 Å². The molecule has 2 aliphatic carbocycles. The summed E-state index contributed by atoms with van der Waals surface area (Å²) in [6.45, 7) is 3.00. The third-order valence-electron chi connectivity index (χ3n) is 7.26. The first kappa shape index (κ1) is 25.1. The van der Waals surface area contributed by atoms with Gasteiger partial charge in [0.1, 0.15) is 17.2 Å². The zero-order valence-corrected chi connectivity index (χ0v) is 20.5. The third-order valence-corrected chi connectivity index (χ3v) is 7.26. The number of fused-ring (bicyclic) bond motifs is 3. The number of rotatable bonds is 4. The van der Waals surface area contributed by atoms with E-state index in [1.807, 2.05) is 0 Å². The summed E-state index contributed by atoms with van der Waals surface area (Å²) in [5.74, 6) is -2.56. The van der Waals surface area contributed by atoms with Crippen molar-refractivity contribution in [2.45, 2.75) is 57.3 Å². The number of ketones is 3. The van der Waals surface area contributed by atoms with Crippen LogP contribution in [0.25, 0.3) is 6.08 Å². The highest BCUT2D eigenvalue weighted by atomic mass is 16.7. The first-order valence-electron chi connectivity index (χ1n) is 11.9. The molecule has 2 aromatic carbocycles. The molecule has 1 saturated heterocycles. The number of nitrogens with two attached hydrogens (primary N) is 1. The molecule has 0 spiro atoms. The van der Waals surface area contributed by atoms with Gasteiger partial charge < -0.3 is 35.3 Å². The monoisotopic (exact) mass is 509 g/mol. The van der Waals surface area contributed by atoms with Crippen molar-refractivity contribution < 1.29 is 43.9 Å². The molecule has 0 saturated carbocycles. The Morgan fingerprint density at radius 2 is 1.81 bits per heavy atom. The molecule has 10 heteroatoms. The molecule has 5 N–H and O–H groups in total. The van der Waals surface area contributed by atoms with E-state index in [1.54, 1.807) is 13.0 Å². The lowest BCUT2D eigenvalue weighted by molar-refractivity contribution is -0.240. The fraction of sp³-hybridized carbons (Fsp3) is 0.370. The van der Waals surface area contributed by atoms with E-state index in [-0.39, 0.29) is 63.3 Å². The number of carbonyl (C=O) groups excluding carboxylic acids is 3. The minimum atomic E-state index is -1.02. The number of aliphatic hydroxyl groups is 1. The highest BCUT2D eigenvalue weighted by Crippen LogP contribution is 2.51. The first-order valence-corrected chi connectivity index (χ1v) is 11.9. The lowest BCUT2D eigenvalue weighted by atomic mass is 9.77. The summed E-state index contributed by atoms with van der Waals surface area (Å²) in [6.07, 6.45) is -1.89. The van der Waals surface area contributed by atoms with Crippen molar-refractivity contribution in [3.8, 4) is 17.2 Å². The van der Waals surface area contributed by atoms with Crippen molar-refractivity contribution in [3.05, 3.63) is 57.2 Å². The van der Waals surface area contributed by atoms with Crippen molar-refractivity contribution in [1.82, 2.24) is 0 Å². The van der Waals surface area contributed by atoms with Crippen LogP contribution in [-0.4, -0.2) is 64.3 Å². The number of aromatic hydroxyl groups is 2. The highest BCUT2D eigenvalue weighted by molar-refractivity contribution is 6.31. The Bertz CT molecular complexity index is 1370. The second-order valence-electron chi connectivity index (χ2n) is 9.53. The van der Waals surface area contributed by atoms with Gasteiger partial charge in [-0.3, -0.25) is 14.4 Å². The maximum Gasteiger partial charge on any atom is 0.202 e. The Hall–Kier alpha value is -3.57. The minimum Gasteiger partial charge on any atom is -0.507 e. The third kappa shape index (κ3) is 3.84. The molecule has 1 heterocycles. The van der Waals surface area contributed by atoms with E-state index in [0.717, 1.165) is 0 Å². The lowest BCUT2D eigenvalue weighted by Crippen LogP contribution is -2.51. The number of phenols is 2. The van der Waals surface area contributed by atoms with Gasteiger partial charge in [-0.2, -0.15) is 0 Å². The molecule has 3 aliphatic rings. The van der Waals surface area contributed by atoms with E-state index in [0.29, 0.717) is 0 Å². The van der Waals surface area contributed by atoms with Crippen LogP contribution in [0.1, 0.15) is 75.8 Å². The number of methoxy groups -OCH3 is 1. The summed E-state index contributed by atoms with van der Waals surface area (Å²) in [5, 5.41) is 32.8. The van der Waals surface area contributed by atoms with Gasteiger partial charge in [0.2, 0.25) is 5.78 Å². The molecule has 194 valence electrons. The summed E-state index contributed by atoms with van der Waals surface area (Å²) in [4.78, 5) is 39.4. The highest BCUT2D eigenvalue weighted by Gasteiger charge is 2.43. The van der Waals surface area contributed by atoms with Crippen LogP contribution in [0.3, 0.4) is 0 Å². The zero-order chi connectivity index (χ0) is 26.8. The first-order chi connectivity index (χ1) is 17.5. The summed E-state index contributed by atoms with van der Waals surface area (Å²) in [5.41, 5.74) is 5.68. The lowest BCUT2D eigenvalue weighted by Gasteiger charge is -2.38. The SMILES string of the molecule is COc1cccc2c1C(=O)c1c(O)c3c(c(O)c1C2=O)C=C(C(C)=O)CC3O[C@H]1C[C@H](N)[C@H](O)[C@H](C)O1. The molecular formula is C27H27NO9. The van der Waals surface area contributed by atoms with Gasteiger partial charge in [-0.15, -0.1) is 0 Å². The Balaban J connectivity index is 1.68. The number of carbonyl (C=O) groups is 3. The predicted octanol–water partition coefficient (Wildman–Crippen LogP) is 2.14. The number of ether oxygens (including phenoxy) is 3.